The number of nitrogens with one attached hydrogen (secondary N) is 2. The molecule has 2 amide bonds. The molecule has 1 aliphatic carbocycles. The minimum absolute atomic E-state index is 0.110. The van der Waals surface area contributed by atoms with Crippen molar-refractivity contribution < 1.29 is 9.90 Å². The van der Waals surface area contributed by atoms with Crippen molar-refractivity contribution >= 4 is 6.03 Å². The molecule has 1 aliphatic heterocycles. The van der Waals surface area contributed by atoms with Crippen LogP contribution in [-0.2, 0) is 13.1 Å². The van der Waals surface area contributed by atoms with E-state index >= 15 is 0 Å². The number of rotatable bonds is 6. The van der Waals surface area contributed by atoms with Crippen LogP contribution in [0.25, 0.3) is 0 Å². The lowest BCUT2D eigenvalue weighted by Gasteiger charge is -2.24. The molecule has 1 fully saturated rings. The number of nitrogens with zero attached hydrogens (tertiary/aromatic N) is 1. The molecule has 3 rings (SSSR count). The van der Waals surface area contributed by atoms with Gasteiger partial charge in [-0.2, -0.15) is 0 Å². The Morgan fingerprint density at radius 3 is 2.80 bits per heavy atom. The van der Waals surface area contributed by atoms with Gasteiger partial charge in [-0.1, -0.05) is 36.4 Å². The highest BCUT2D eigenvalue weighted by molar-refractivity contribution is 5.74. The third-order valence-corrected chi connectivity index (χ3v) is 5.21. The molecule has 1 aromatic rings. The zero-order chi connectivity index (χ0) is 17.5. The fourth-order valence-corrected chi connectivity index (χ4v) is 3.74. The zero-order valence-electron chi connectivity index (χ0n) is 14.8. The van der Waals surface area contributed by atoms with E-state index in [2.05, 4.69) is 39.8 Å². The summed E-state index contributed by atoms with van der Waals surface area (Å²) in [5, 5.41) is 15.5. The second kappa shape index (κ2) is 9.02. The molecule has 5 nitrogen and oxygen atoms in total. The number of benzene rings is 1. The summed E-state index contributed by atoms with van der Waals surface area (Å²) in [6.07, 6.45) is 9.68. The number of urea groups is 1. The monoisotopic (exact) mass is 343 g/mol. The van der Waals surface area contributed by atoms with Crippen molar-refractivity contribution in [2.75, 3.05) is 13.2 Å². The van der Waals surface area contributed by atoms with E-state index < -0.39 is 0 Å². The number of carbonyl (C=O) groups is 1. The number of hydrogen-bond donors (Lipinski definition) is 3. The van der Waals surface area contributed by atoms with Gasteiger partial charge in [-0.25, -0.2) is 4.79 Å². The molecule has 0 aromatic heterocycles. The molecule has 0 bridgehead atoms. The average Bonchev–Trinajstić information content (AvgIpc) is 3.09. The van der Waals surface area contributed by atoms with E-state index in [0.29, 0.717) is 6.54 Å². The lowest BCUT2D eigenvalue weighted by atomic mass is 10.0. The topological polar surface area (TPSA) is 64.6 Å². The third-order valence-electron chi connectivity index (χ3n) is 5.21. The fraction of sp³-hybridized carbons (Fsp3) is 0.550. The summed E-state index contributed by atoms with van der Waals surface area (Å²) >= 11 is 0. The van der Waals surface area contributed by atoms with Gasteiger partial charge in [0.1, 0.15) is 0 Å². The van der Waals surface area contributed by atoms with Gasteiger partial charge in [0.25, 0.3) is 0 Å². The minimum atomic E-state index is -0.110. The Balaban J connectivity index is 1.54. The summed E-state index contributed by atoms with van der Waals surface area (Å²) in [4.78, 5) is 14.5. The van der Waals surface area contributed by atoms with E-state index in [0.717, 1.165) is 50.8 Å². The van der Waals surface area contributed by atoms with Gasteiger partial charge in [0.2, 0.25) is 0 Å². The Morgan fingerprint density at radius 2 is 2.04 bits per heavy atom. The van der Waals surface area contributed by atoms with Gasteiger partial charge in [-0.05, 0) is 49.8 Å². The molecular weight excluding hydrogens is 314 g/mol. The van der Waals surface area contributed by atoms with E-state index in [1.807, 2.05) is 12.1 Å². The van der Waals surface area contributed by atoms with Gasteiger partial charge in [0, 0.05) is 25.2 Å². The molecule has 1 aromatic carbocycles. The van der Waals surface area contributed by atoms with E-state index in [-0.39, 0.29) is 24.7 Å². The van der Waals surface area contributed by atoms with Crippen LogP contribution in [0.1, 0.15) is 43.2 Å². The van der Waals surface area contributed by atoms with E-state index in [1.165, 1.54) is 5.56 Å². The lowest BCUT2D eigenvalue weighted by molar-refractivity contribution is 0.153. The van der Waals surface area contributed by atoms with Crippen LogP contribution >= 0.6 is 0 Å². The van der Waals surface area contributed by atoms with Crippen molar-refractivity contribution in [1.29, 1.82) is 0 Å². The molecule has 0 spiro atoms. The second-order valence-corrected chi connectivity index (χ2v) is 7.01. The van der Waals surface area contributed by atoms with E-state index in [9.17, 15) is 9.90 Å². The number of allylic oxidation sites excluding steroid dienone is 1. The normalized spacial score (nSPS) is 23.6. The van der Waals surface area contributed by atoms with Crippen LogP contribution in [0.3, 0.4) is 0 Å². The smallest absolute Gasteiger partial charge is 0.315 e. The highest BCUT2D eigenvalue weighted by Crippen LogP contribution is 2.21. The summed E-state index contributed by atoms with van der Waals surface area (Å²) in [5.74, 6) is 0. The molecule has 0 radical (unpaired) electrons. The van der Waals surface area contributed by atoms with Crippen LogP contribution < -0.4 is 10.6 Å². The number of likely N-dealkylation sites (tertiary alicyclic amines) is 1. The first-order valence-corrected chi connectivity index (χ1v) is 9.39. The SMILES string of the molecule is O=C(NCc1ccccc1CN1CCC[C@@H]1CO)N[C@@H]1C=CCCC1. The Hall–Kier alpha value is -1.85. The predicted octanol–water partition coefficient (Wildman–Crippen LogP) is 2.55. The Labute approximate surface area is 150 Å². The molecule has 2 aliphatic rings. The fourth-order valence-electron chi connectivity index (χ4n) is 3.74. The number of aliphatic hydroxyl groups excluding tert-OH is 1. The first-order chi connectivity index (χ1) is 12.3. The Bertz CT molecular complexity index is 602. The van der Waals surface area contributed by atoms with Crippen molar-refractivity contribution in [3.05, 3.63) is 47.5 Å². The van der Waals surface area contributed by atoms with Gasteiger partial charge in [0.05, 0.1) is 6.61 Å². The summed E-state index contributed by atoms with van der Waals surface area (Å²) in [5.41, 5.74) is 2.36. The Kier molecular flexibility index (Phi) is 6.48. The van der Waals surface area contributed by atoms with Gasteiger partial charge in [0.15, 0.2) is 0 Å². The molecule has 1 saturated heterocycles. The van der Waals surface area contributed by atoms with Crippen LogP contribution in [0.5, 0.6) is 0 Å². The largest absolute Gasteiger partial charge is 0.395 e. The first-order valence-electron chi connectivity index (χ1n) is 9.39. The molecular formula is C20H29N3O2. The Morgan fingerprint density at radius 1 is 1.20 bits per heavy atom. The molecule has 0 saturated carbocycles. The van der Waals surface area contributed by atoms with Crippen molar-refractivity contribution in [2.24, 2.45) is 0 Å². The summed E-state index contributed by atoms with van der Waals surface area (Å²) in [7, 11) is 0. The predicted molar refractivity (Wildman–Crippen MR) is 99.1 cm³/mol. The first kappa shape index (κ1) is 18.0. The van der Waals surface area contributed by atoms with Gasteiger partial charge in [-0.3, -0.25) is 4.90 Å². The highest BCUT2D eigenvalue weighted by Gasteiger charge is 2.24. The molecule has 2 atom stereocenters. The maximum Gasteiger partial charge on any atom is 0.315 e. The van der Waals surface area contributed by atoms with Gasteiger partial charge >= 0.3 is 6.03 Å². The molecule has 3 N–H and O–H groups in total. The number of hydrogen-bond acceptors (Lipinski definition) is 3. The third kappa shape index (κ3) is 5.06. The van der Waals surface area contributed by atoms with Crippen molar-refractivity contribution in [1.82, 2.24) is 15.5 Å². The van der Waals surface area contributed by atoms with Crippen molar-refractivity contribution in [3.63, 3.8) is 0 Å². The molecule has 25 heavy (non-hydrogen) atoms. The van der Waals surface area contributed by atoms with Crippen LogP contribution in [0.4, 0.5) is 4.79 Å². The van der Waals surface area contributed by atoms with Crippen molar-refractivity contribution in [3.8, 4) is 0 Å². The molecule has 5 heteroatoms. The maximum absolute atomic E-state index is 12.1. The summed E-state index contributed by atoms with van der Waals surface area (Å²) in [6.45, 7) is 2.60. The summed E-state index contributed by atoms with van der Waals surface area (Å²) < 4.78 is 0. The molecule has 1 heterocycles. The van der Waals surface area contributed by atoms with Crippen LogP contribution in [0.15, 0.2) is 36.4 Å². The van der Waals surface area contributed by atoms with E-state index in [1.54, 1.807) is 0 Å². The van der Waals surface area contributed by atoms with Crippen molar-refractivity contribution in [2.45, 2.75) is 57.3 Å². The minimum Gasteiger partial charge on any atom is -0.395 e. The maximum atomic E-state index is 12.1. The molecule has 0 unspecified atom stereocenters. The standard InChI is InChI=1S/C20H29N3O2/c24-15-19-11-6-12-23(19)14-17-8-5-4-7-16(17)13-21-20(25)22-18-9-2-1-3-10-18/h2,4-5,7-9,18-19,24H,1,3,6,10-15H2,(H2,21,22,25)/t18-,19-/m1/s1. The average molecular weight is 343 g/mol. The van der Waals surface area contributed by atoms with Gasteiger partial charge < -0.3 is 15.7 Å². The zero-order valence-corrected chi connectivity index (χ0v) is 14.8. The number of carbonyl (C=O) groups excluding carboxylic acids is 1. The number of amides is 2. The van der Waals surface area contributed by atoms with Crippen LogP contribution in [-0.4, -0.2) is 41.3 Å². The van der Waals surface area contributed by atoms with Crippen LogP contribution in [0, 0.1) is 0 Å². The van der Waals surface area contributed by atoms with E-state index in [4.69, 9.17) is 0 Å². The van der Waals surface area contributed by atoms with Gasteiger partial charge in [-0.15, -0.1) is 0 Å². The highest BCUT2D eigenvalue weighted by atomic mass is 16.3. The lowest BCUT2D eigenvalue weighted by Crippen LogP contribution is -2.41. The van der Waals surface area contributed by atoms with Crippen LogP contribution in [0.2, 0.25) is 0 Å². The summed E-state index contributed by atoms with van der Waals surface area (Å²) in [6, 6.07) is 8.54. The molecule has 136 valence electrons. The second-order valence-electron chi connectivity index (χ2n) is 7.01. The number of aliphatic hydroxyl groups is 1. The quantitative estimate of drug-likeness (QED) is 0.696.